The van der Waals surface area contributed by atoms with Crippen molar-refractivity contribution in [3.05, 3.63) is 43.2 Å². The zero-order chi connectivity index (χ0) is 21.8. The Morgan fingerprint density at radius 1 is 1.07 bits per heavy atom. The summed E-state index contributed by atoms with van der Waals surface area (Å²) in [5.74, 6) is 0. The highest BCUT2D eigenvalue weighted by molar-refractivity contribution is 7.92. The van der Waals surface area contributed by atoms with Gasteiger partial charge in [0.15, 0.2) is 0 Å². The number of hydrogen-bond acceptors (Lipinski definition) is 5. The number of carbonyl (C=O) groups excluding carboxylic acids is 1. The molecule has 2 aliphatic rings. The molecule has 1 heterocycles. The first-order valence-electron chi connectivity index (χ1n) is 9.70. The first kappa shape index (κ1) is 21.9. The summed E-state index contributed by atoms with van der Waals surface area (Å²) in [5.41, 5.74) is 3.85. The van der Waals surface area contributed by atoms with Gasteiger partial charge < -0.3 is 10.4 Å². The van der Waals surface area contributed by atoms with Gasteiger partial charge in [-0.1, -0.05) is 23.2 Å². The van der Waals surface area contributed by atoms with Gasteiger partial charge in [0, 0.05) is 16.3 Å². The Bertz CT molecular complexity index is 1120. The summed E-state index contributed by atoms with van der Waals surface area (Å²) in [6, 6.07) is 0.468. The third-order valence-corrected chi connectivity index (χ3v) is 9.24. The Morgan fingerprint density at radius 3 is 2.10 bits per heavy atom. The minimum Gasteiger partial charge on any atom is -0.386 e. The molecule has 2 aliphatic carbocycles. The fourth-order valence-corrected chi connectivity index (χ4v) is 7.59. The molecular weight excluding hydrogens is 467 g/mol. The van der Waals surface area contributed by atoms with Gasteiger partial charge in [-0.2, -0.15) is 0 Å². The summed E-state index contributed by atoms with van der Waals surface area (Å²) >= 11 is 13.5. The summed E-state index contributed by atoms with van der Waals surface area (Å²) in [4.78, 5) is 12.7. The van der Waals surface area contributed by atoms with E-state index in [1.54, 1.807) is 0 Å². The van der Waals surface area contributed by atoms with Gasteiger partial charge in [0.1, 0.15) is 8.55 Å². The summed E-state index contributed by atoms with van der Waals surface area (Å²) < 4.78 is 27.5. The van der Waals surface area contributed by atoms with Crippen molar-refractivity contribution in [1.29, 1.82) is 0 Å². The lowest BCUT2D eigenvalue weighted by atomic mass is 9.98. The van der Waals surface area contributed by atoms with Crippen LogP contribution in [0.5, 0.6) is 0 Å². The molecule has 2 amide bonds. The molecule has 0 unspecified atom stereocenters. The number of fused-ring (bicyclic) bond motifs is 2. The lowest BCUT2D eigenvalue weighted by Crippen LogP contribution is -2.34. The molecule has 0 atom stereocenters. The average Bonchev–Trinajstić information content (AvgIpc) is 3.36. The van der Waals surface area contributed by atoms with Crippen molar-refractivity contribution in [3.63, 3.8) is 0 Å². The molecule has 10 heteroatoms. The first-order chi connectivity index (χ1) is 14.0. The predicted octanol–water partition coefficient (Wildman–Crippen LogP) is 4.77. The van der Waals surface area contributed by atoms with Crippen LogP contribution < -0.4 is 10.0 Å². The van der Waals surface area contributed by atoms with Crippen molar-refractivity contribution in [2.45, 2.75) is 62.2 Å². The topological polar surface area (TPSA) is 95.5 Å². The molecular formula is C20H22Cl2N2O4S2. The van der Waals surface area contributed by atoms with Gasteiger partial charge in [-0.15, -0.1) is 11.3 Å². The number of hydrogen-bond donors (Lipinski definition) is 3. The van der Waals surface area contributed by atoms with Crippen LogP contribution in [0.1, 0.15) is 54.5 Å². The number of carbonyl (C=O) groups is 1. The van der Waals surface area contributed by atoms with Crippen LogP contribution >= 0.6 is 34.5 Å². The fraction of sp³-hybridized carbons (Fsp3) is 0.450. The Labute approximate surface area is 189 Å². The van der Waals surface area contributed by atoms with Crippen LogP contribution in [0.3, 0.4) is 0 Å². The van der Waals surface area contributed by atoms with E-state index < -0.39 is 21.7 Å². The number of thiophene rings is 1. The van der Waals surface area contributed by atoms with Gasteiger partial charge in [0.25, 0.3) is 10.0 Å². The number of amides is 2. The van der Waals surface area contributed by atoms with Crippen molar-refractivity contribution in [1.82, 2.24) is 4.72 Å². The van der Waals surface area contributed by atoms with E-state index >= 15 is 0 Å². The number of benzene rings is 1. The van der Waals surface area contributed by atoms with Crippen LogP contribution in [0.2, 0.25) is 9.36 Å². The van der Waals surface area contributed by atoms with Crippen molar-refractivity contribution >= 4 is 56.3 Å². The number of urea groups is 1. The summed E-state index contributed by atoms with van der Waals surface area (Å²) in [5, 5.41) is 13.7. The SMILES string of the molecule is CC(C)(O)c1cc(S(=O)(=O)NC(=O)Nc2c3c(c(Cl)c4c2CCC4)CCC3)sc1Cl. The highest BCUT2D eigenvalue weighted by Gasteiger charge is 2.31. The third-order valence-electron chi connectivity index (χ3n) is 5.62. The molecule has 3 N–H and O–H groups in total. The van der Waals surface area contributed by atoms with E-state index in [1.807, 2.05) is 0 Å². The van der Waals surface area contributed by atoms with Gasteiger partial charge in [0.05, 0.1) is 5.60 Å². The normalized spacial score (nSPS) is 15.8. The van der Waals surface area contributed by atoms with Gasteiger partial charge in [-0.05, 0) is 80.7 Å². The molecule has 6 nitrogen and oxygen atoms in total. The molecule has 0 bridgehead atoms. The van der Waals surface area contributed by atoms with E-state index in [2.05, 4.69) is 10.0 Å². The van der Waals surface area contributed by atoms with Crippen LogP contribution in [0.4, 0.5) is 10.5 Å². The zero-order valence-corrected chi connectivity index (χ0v) is 19.7. The maximum absolute atomic E-state index is 12.7. The van der Waals surface area contributed by atoms with E-state index in [0.717, 1.165) is 77.1 Å². The molecule has 162 valence electrons. The lowest BCUT2D eigenvalue weighted by molar-refractivity contribution is 0.0790. The van der Waals surface area contributed by atoms with E-state index in [9.17, 15) is 18.3 Å². The summed E-state index contributed by atoms with van der Waals surface area (Å²) in [7, 11) is -4.14. The number of nitrogens with one attached hydrogen (secondary N) is 2. The number of aliphatic hydroxyl groups is 1. The lowest BCUT2D eigenvalue weighted by Gasteiger charge is -2.18. The standard InChI is InChI=1S/C20H22Cl2N2O4S2/c1-20(2,26)14-9-15(29-18(14)22)30(27,28)24-19(25)23-17-12-7-3-5-10(12)16(21)11-6-4-8-13(11)17/h9,26H,3-8H2,1-2H3,(H2,23,24,25). The van der Waals surface area contributed by atoms with Crippen LogP contribution in [0.25, 0.3) is 0 Å². The van der Waals surface area contributed by atoms with E-state index in [1.165, 1.54) is 19.9 Å². The molecule has 2 aromatic rings. The molecule has 4 rings (SSSR count). The average molecular weight is 489 g/mol. The van der Waals surface area contributed by atoms with Gasteiger partial charge in [-0.25, -0.2) is 17.9 Å². The molecule has 0 fully saturated rings. The minimum atomic E-state index is -4.14. The van der Waals surface area contributed by atoms with E-state index in [-0.39, 0.29) is 8.55 Å². The molecule has 0 saturated carbocycles. The Morgan fingerprint density at radius 2 is 1.60 bits per heavy atom. The van der Waals surface area contributed by atoms with Gasteiger partial charge in [0.2, 0.25) is 0 Å². The van der Waals surface area contributed by atoms with Crippen molar-refractivity contribution in [2.24, 2.45) is 0 Å². The van der Waals surface area contributed by atoms with E-state index in [0.29, 0.717) is 11.3 Å². The second kappa shape index (κ2) is 7.67. The number of halogens is 2. The second-order valence-corrected chi connectivity index (χ2v) is 12.1. The van der Waals surface area contributed by atoms with E-state index in [4.69, 9.17) is 23.2 Å². The molecule has 0 aliphatic heterocycles. The zero-order valence-electron chi connectivity index (χ0n) is 16.6. The highest BCUT2D eigenvalue weighted by Crippen LogP contribution is 2.44. The fourth-order valence-electron chi connectivity index (χ4n) is 4.25. The van der Waals surface area contributed by atoms with Crippen molar-refractivity contribution in [3.8, 4) is 0 Å². The maximum atomic E-state index is 12.7. The monoisotopic (exact) mass is 488 g/mol. The largest absolute Gasteiger partial charge is 0.386 e. The van der Waals surface area contributed by atoms with Crippen LogP contribution in [-0.4, -0.2) is 19.6 Å². The molecule has 0 spiro atoms. The number of anilines is 1. The Hall–Kier alpha value is -1.32. The van der Waals surface area contributed by atoms with Crippen LogP contribution in [0.15, 0.2) is 10.3 Å². The van der Waals surface area contributed by atoms with Gasteiger partial charge in [-0.3, -0.25) is 0 Å². The van der Waals surface area contributed by atoms with Crippen molar-refractivity contribution in [2.75, 3.05) is 5.32 Å². The Balaban J connectivity index is 1.61. The maximum Gasteiger partial charge on any atom is 0.333 e. The number of sulfonamides is 1. The summed E-state index contributed by atoms with van der Waals surface area (Å²) in [6.07, 6.45) is 5.26. The second-order valence-electron chi connectivity index (χ2n) is 8.18. The first-order valence-corrected chi connectivity index (χ1v) is 12.8. The third kappa shape index (κ3) is 3.84. The number of rotatable bonds is 4. The Kier molecular flexibility index (Phi) is 5.60. The van der Waals surface area contributed by atoms with Crippen molar-refractivity contribution < 1.29 is 18.3 Å². The predicted molar refractivity (Wildman–Crippen MR) is 119 cm³/mol. The summed E-state index contributed by atoms with van der Waals surface area (Å²) in [6.45, 7) is 3.03. The molecule has 0 radical (unpaired) electrons. The molecule has 0 saturated heterocycles. The van der Waals surface area contributed by atoms with Crippen LogP contribution in [-0.2, 0) is 41.3 Å². The van der Waals surface area contributed by atoms with Crippen LogP contribution in [0, 0.1) is 0 Å². The smallest absolute Gasteiger partial charge is 0.333 e. The van der Waals surface area contributed by atoms with Gasteiger partial charge >= 0.3 is 6.03 Å². The minimum absolute atomic E-state index is 0.133. The molecule has 1 aromatic heterocycles. The molecule has 1 aromatic carbocycles. The molecule has 30 heavy (non-hydrogen) atoms. The highest BCUT2D eigenvalue weighted by atomic mass is 35.5. The quantitative estimate of drug-likeness (QED) is 0.577.